The second-order valence-corrected chi connectivity index (χ2v) is 4.11. The number of carboxylic acid groups (broad SMARTS) is 1. The van der Waals surface area contributed by atoms with E-state index in [0.29, 0.717) is 25.1 Å². The quantitative estimate of drug-likeness (QED) is 0.603. The maximum Gasteiger partial charge on any atom is 0.303 e. The summed E-state index contributed by atoms with van der Waals surface area (Å²) in [6.07, 6.45) is 1.24. The van der Waals surface area contributed by atoms with Crippen molar-refractivity contribution in [2.24, 2.45) is 0 Å². The first-order chi connectivity index (χ1) is 8.49. The van der Waals surface area contributed by atoms with Crippen molar-refractivity contribution in [1.29, 1.82) is 0 Å². The number of halogens is 1. The zero-order valence-corrected chi connectivity index (χ0v) is 10.7. The molecule has 7 heteroatoms. The number of unbranched alkanes of at least 4 members (excludes halogenated alkanes) is 1. The number of aliphatic carboxylic acids is 1. The van der Waals surface area contributed by atoms with Crippen LogP contribution in [-0.2, 0) is 4.79 Å². The van der Waals surface area contributed by atoms with Crippen molar-refractivity contribution in [1.82, 2.24) is 15.3 Å². The van der Waals surface area contributed by atoms with Gasteiger partial charge < -0.3 is 10.4 Å². The molecule has 0 atom stereocenters. The third kappa shape index (κ3) is 5.09. The Morgan fingerprint density at radius 2 is 2.11 bits per heavy atom. The second-order valence-electron chi connectivity index (χ2n) is 3.77. The average molecular weight is 272 g/mol. The topological polar surface area (TPSA) is 92.2 Å². The highest BCUT2D eigenvalue weighted by molar-refractivity contribution is 6.28. The van der Waals surface area contributed by atoms with Gasteiger partial charge in [0.2, 0.25) is 5.28 Å². The van der Waals surface area contributed by atoms with Crippen LogP contribution in [0.15, 0.2) is 6.07 Å². The van der Waals surface area contributed by atoms with E-state index in [9.17, 15) is 9.59 Å². The van der Waals surface area contributed by atoms with Crippen LogP contribution in [0.1, 0.15) is 35.4 Å². The number of carboxylic acids is 1. The number of aromatic nitrogens is 2. The van der Waals surface area contributed by atoms with E-state index in [-0.39, 0.29) is 23.3 Å². The molecule has 0 unspecified atom stereocenters. The van der Waals surface area contributed by atoms with Gasteiger partial charge in [0.15, 0.2) is 0 Å². The lowest BCUT2D eigenvalue weighted by molar-refractivity contribution is -0.137. The fourth-order valence-corrected chi connectivity index (χ4v) is 1.57. The van der Waals surface area contributed by atoms with Crippen LogP contribution in [-0.4, -0.2) is 33.5 Å². The van der Waals surface area contributed by atoms with Crippen molar-refractivity contribution < 1.29 is 14.7 Å². The van der Waals surface area contributed by atoms with Gasteiger partial charge in [-0.3, -0.25) is 9.59 Å². The molecule has 1 rings (SSSR count). The SMILES string of the molecule is Cc1cc(C(=O)NCCCCC(=O)O)nc(Cl)n1. The predicted molar refractivity (Wildman–Crippen MR) is 65.6 cm³/mol. The molecule has 1 amide bonds. The van der Waals surface area contributed by atoms with Crippen LogP contribution in [0.2, 0.25) is 5.28 Å². The molecular formula is C11H14ClN3O3. The van der Waals surface area contributed by atoms with Crippen molar-refractivity contribution in [3.8, 4) is 0 Å². The third-order valence-corrected chi connectivity index (χ3v) is 2.33. The van der Waals surface area contributed by atoms with E-state index in [1.54, 1.807) is 13.0 Å². The molecule has 1 aromatic rings. The lowest BCUT2D eigenvalue weighted by atomic mass is 10.2. The van der Waals surface area contributed by atoms with Crippen LogP contribution in [0.3, 0.4) is 0 Å². The number of aryl methyl sites for hydroxylation is 1. The molecule has 0 radical (unpaired) electrons. The van der Waals surface area contributed by atoms with E-state index in [0.717, 1.165) is 0 Å². The van der Waals surface area contributed by atoms with Gasteiger partial charge in [-0.1, -0.05) is 0 Å². The van der Waals surface area contributed by atoms with Crippen molar-refractivity contribution in [3.05, 3.63) is 22.7 Å². The van der Waals surface area contributed by atoms with Crippen molar-refractivity contribution >= 4 is 23.5 Å². The summed E-state index contributed by atoms with van der Waals surface area (Å²) in [7, 11) is 0. The summed E-state index contributed by atoms with van der Waals surface area (Å²) in [5.41, 5.74) is 0.830. The van der Waals surface area contributed by atoms with Crippen LogP contribution < -0.4 is 5.32 Å². The molecule has 0 bridgehead atoms. The Bertz CT molecular complexity index is 431. The molecule has 18 heavy (non-hydrogen) atoms. The van der Waals surface area contributed by atoms with Gasteiger partial charge >= 0.3 is 5.97 Å². The highest BCUT2D eigenvalue weighted by Gasteiger charge is 2.09. The van der Waals surface area contributed by atoms with E-state index in [1.165, 1.54) is 0 Å². The summed E-state index contributed by atoms with van der Waals surface area (Å²) in [5, 5.41) is 11.1. The van der Waals surface area contributed by atoms with Gasteiger partial charge in [0.25, 0.3) is 5.91 Å². The van der Waals surface area contributed by atoms with Crippen molar-refractivity contribution in [2.45, 2.75) is 26.2 Å². The van der Waals surface area contributed by atoms with E-state index in [4.69, 9.17) is 16.7 Å². The Balaban J connectivity index is 2.38. The molecule has 98 valence electrons. The fraction of sp³-hybridized carbons (Fsp3) is 0.455. The molecule has 6 nitrogen and oxygen atoms in total. The summed E-state index contributed by atoms with van der Waals surface area (Å²) in [5.74, 6) is -1.17. The lowest BCUT2D eigenvalue weighted by Gasteiger charge is -2.04. The number of carbonyl (C=O) groups excluding carboxylic acids is 1. The molecule has 0 fully saturated rings. The van der Waals surface area contributed by atoms with Gasteiger partial charge in [-0.05, 0) is 37.4 Å². The van der Waals surface area contributed by atoms with Crippen LogP contribution in [0.5, 0.6) is 0 Å². The molecule has 1 heterocycles. The number of nitrogens with zero attached hydrogens (tertiary/aromatic N) is 2. The molecule has 0 saturated heterocycles. The minimum absolute atomic E-state index is 0.0334. The van der Waals surface area contributed by atoms with Gasteiger partial charge in [-0.25, -0.2) is 9.97 Å². The first kappa shape index (κ1) is 14.4. The number of hydrogen-bond acceptors (Lipinski definition) is 4. The Kier molecular flexibility index (Phi) is 5.51. The Morgan fingerprint density at radius 1 is 1.39 bits per heavy atom. The monoisotopic (exact) mass is 271 g/mol. The van der Waals surface area contributed by atoms with Crippen LogP contribution in [0, 0.1) is 6.92 Å². The van der Waals surface area contributed by atoms with Gasteiger partial charge in [-0.2, -0.15) is 0 Å². The highest BCUT2D eigenvalue weighted by atomic mass is 35.5. The highest BCUT2D eigenvalue weighted by Crippen LogP contribution is 2.05. The third-order valence-electron chi connectivity index (χ3n) is 2.16. The number of amides is 1. The lowest BCUT2D eigenvalue weighted by Crippen LogP contribution is -2.25. The van der Waals surface area contributed by atoms with Gasteiger partial charge in [0.1, 0.15) is 5.69 Å². The van der Waals surface area contributed by atoms with Crippen molar-refractivity contribution in [2.75, 3.05) is 6.54 Å². The first-order valence-corrected chi connectivity index (χ1v) is 5.88. The molecule has 1 aromatic heterocycles. The van der Waals surface area contributed by atoms with E-state index in [2.05, 4.69) is 15.3 Å². The molecular weight excluding hydrogens is 258 g/mol. The predicted octanol–water partition coefficient (Wildman–Crippen LogP) is 1.42. The first-order valence-electron chi connectivity index (χ1n) is 5.50. The van der Waals surface area contributed by atoms with Crippen LogP contribution in [0.4, 0.5) is 0 Å². The molecule has 0 spiro atoms. The maximum atomic E-state index is 11.7. The van der Waals surface area contributed by atoms with Crippen LogP contribution in [0.25, 0.3) is 0 Å². The summed E-state index contributed by atoms with van der Waals surface area (Å²) in [4.78, 5) is 29.6. The Labute approximate surface area is 109 Å². The molecule has 0 aliphatic heterocycles. The Hall–Kier alpha value is -1.69. The summed E-state index contributed by atoms with van der Waals surface area (Å²) < 4.78 is 0. The van der Waals surface area contributed by atoms with E-state index >= 15 is 0 Å². The minimum atomic E-state index is -0.834. The van der Waals surface area contributed by atoms with Crippen LogP contribution >= 0.6 is 11.6 Å². The normalized spacial score (nSPS) is 10.1. The summed E-state index contributed by atoms with van der Waals surface area (Å²) >= 11 is 5.65. The largest absolute Gasteiger partial charge is 0.481 e. The molecule has 0 aliphatic rings. The van der Waals surface area contributed by atoms with Gasteiger partial charge in [0.05, 0.1) is 0 Å². The fourth-order valence-electron chi connectivity index (χ4n) is 1.34. The zero-order chi connectivity index (χ0) is 13.5. The summed E-state index contributed by atoms with van der Waals surface area (Å²) in [6.45, 7) is 2.13. The smallest absolute Gasteiger partial charge is 0.303 e. The average Bonchev–Trinajstić information content (AvgIpc) is 2.26. The Morgan fingerprint density at radius 3 is 2.72 bits per heavy atom. The number of hydrogen-bond donors (Lipinski definition) is 2. The van der Waals surface area contributed by atoms with Gasteiger partial charge in [0, 0.05) is 18.7 Å². The molecule has 2 N–H and O–H groups in total. The second kappa shape index (κ2) is 6.90. The minimum Gasteiger partial charge on any atom is -0.481 e. The zero-order valence-electron chi connectivity index (χ0n) is 9.94. The molecule has 0 aliphatic carbocycles. The number of nitrogens with one attached hydrogen (secondary N) is 1. The maximum absolute atomic E-state index is 11.7. The van der Waals surface area contributed by atoms with E-state index in [1.807, 2.05) is 0 Å². The summed E-state index contributed by atoms with van der Waals surface area (Å²) in [6, 6.07) is 1.54. The van der Waals surface area contributed by atoms with Gasteiger partial charge in [-0.15, -0.1) is 0 Å². The van der Waals surface area contributed by atoms with Crippen molar-refractivity contribution in [3.63, 3.8) is 0 Å². The molecule has 0 aromatic carbocycles. The number of carbonyl (C=O) groups is 2. The van der Waals surface area contributed by atoms with E-state index < -0.39 is 5.97 Å². The molecule has 0 saturated carbocycles. The number of rotatable bonds is 6. The standard InChI is InChI=1S/C11H14ClN3O3/c1-7-6-8(15-11(12)14-7)10(18)13-5-3-2-4-9(16)17/h6H,2-5H2,1H3,(H,13,18)(H,16,17).